The lowest BCUT2D eigenvalue weighted by Crippen LogP contribution is -2.53. The van der Waals surface area contributed by atoms with E-state index >= 15 is 0 Å². The lowest BCUT2D eigenvalue weighted by molar-refractivity contribution is -0.133. The number of imide groups is 1. The first kappa shape index (κ1) is 24.5. The van der Waals surface area contributed by atoms with Crippen molar-refractivity contribution in [2.75, 3.05) is 39.5 Å². The number of hydrogen-bond acceptors (Lipinski definition) is 6. The van der Waals surface area contributed by atoms with Crippen LogP contribution in [0.25, 0.3) is 0 Å². The second-order valence-electron chi connectivity index (χ2n) is 8.31. The van der Waals surface area contributed by atoms with E-state index in [0.717, 1.165) is 12.8 Å². The van der Waals surface area contributed by atoms with E-state index in [1.165, 1.54) is 9.21 Å². The number of rotatable bonds is 10. The van der Waals surface area contributed by atoms with Crippen LogP contribution in [-0.4, -0.2) is 79.5 Å². The smallest absolute Gasteiger partial charge is 0.326 e. The van der Waals surface area contributed by atoms with Gasteiger partial charge in [-0.2, -0.15) is 4.31 Å². The summed E-state index contributed by atoms with van der Waals surface area (Å²) in [6.07, 6.45) is 2.86. The van der Waals surface area contributed by atoms with E-state index in [4.69, 9.17) is 4.74 Å². The van der Waals surface area contributed by atoms with Gasteiger partial charge in [-0.25, -0.2) is 18.1 Å². The molecule has 0 saturated carbocycles. The van der Waals surface area contributed by atoms with Gasteiger partial charge >= 0.3 is 6.03 Å². The van der Waals surface area contributed by atoms with Gasteiger partial charge in [-0.15, -0.1) is 0 Å². The fourth-order valence-corrected chi connectivity index (χ4v) is 5.88. The van der Waals surface area contributed by atoms with Gasteiger partial charge < -0.3 is 10.1 Å². The van der Waals surface area contributed by atoms with Crippen LogP contribution in [0.2, 0.25) is 0 Å². The van der Waals surface area contributed by atoms with E-state index in [9.17, 15) is 18.0 Å². The number of piperazine rings is 1. The number of sulfonamides is 1. The van der Waals surface area contributed by atoms with Crippen molar-refractivity contribution in [3.8, 4) is 5.75 Å². The minimum atomic E-state index is -3.61. The molecule has 2 saturated heterocycles. The maximum atomic E-state index is 13.1. The highest BCUT2D eigenvalue weighted by molar-refractivity contribution is 7.89. The Bertz CT molecular complexity index is 905. The molecular weight excluding hydrogens is 432 g/mol. The summed E-state index contributed by atoms with van der Waals surface area (Å²) >= 11 is 0. The number of hydrogen-bond donors (Lipinski definition) is 1. The number of nitrogens with zero attached hydrogens (tertiary/aromatic N) is 3. The van der Waals surface area contributed by atoms with E-state index in [1.54, 1.807) is 24.3 Å². The number of amides is 3. The minimum Gasteiger partial charge on any atom is -0.494 e. The molecular formula is C22H34N4O5S. The van der Waals surface area contributed by atoms with Gasteiger partial charge in [0.05, 0.1) is 18.2 Å². The van der Waals surface area contributed by atoms with Gasteiger partial charge in [0.15, 0.2) is 0 Å². The summed E-state index contributed by atoms with van der Waals surface area (Å²) in [5, 5.41) is 2.92. The van der Waals surface area contributed by atoms with Crippen molar-refractivity contribution in [3.05, 3.63) is 24.3 Å². The summed E-state index contributed by atoms with van der Waals surface area (Å²) < 4.78 is 32.8. The molecule has 2 fully saturated rings. The third-order valence-corrected chi connectivity index (χ3v) is 7.96. The molecule has 1 aromatic rings. The van der Waals surface area contributed by atoms with Crippen molar-refractivity contribution in [1.29, 1.82) is 0 Å². The highest BCUT2D eigenvalue weighted by Gasteiger charge is 2.50. The number of urea groups is 1. The Labute approximate surface area is 190 Å². The molecule has 0 atom stereocenters. The monoisotopic (exact) mass is 466 g/mol. The van der Waals surface area contributed by atoms with Crippen LogP contribution in [0.3, 0.4) is 0 Å². The van der Waals surface area contributed by atoms with Gasteiger partial charge in [-0.05, 0) is 44.0 Å². The zero-order valence-corrected chi connectivity index (χ0v) is 20.0. The second kappa shape index (κ2) is 10.2. The SMILES string of the molecule is CCCC1(CCC)NC(=O)N(CN2CCN(S(=O)(=O)c3ccc(OCC)cc3)CC2)C1=O. The van der Waals surface area contributed by atoms with E-state index < -0.39 is 15.6 Å². The predicted octanol–water partition coefficient (Wildman–Crippen LogP) is 2.24. The van der Waals surface area contributed by atoms with Crippen LogP contribution in [0.5, 0.6) is 5.75 Å². The van der Waals surface area contributed by atoms with Crippen molar-refractivity contribution in [2.45, 2.75) is 56.9 Å². The van der Waals surface area contributed by atoms with Gasteiger partial charge in [-0.3, -0.25) is 9.69 Å². The third kappa shape index (κ3) is 4.92. The Morgan fingerprint density at radius 3 is 2.09 bits per heavy atom. The van der Waals surface area contributed by atoms with Crippen molar-refractivity contribution in [3.63, 3.8) is 0 Å². The largest absolute Gasteiger partial charge is 0.494 e. The van der Waals surface area contributed by atoms with Gasteiger partial charge in [0.2, 0.25) is 10.0 Å². The summed E-state index contributed by atoms with van der Waals surface area (Å²) in [4.78, 5) is 29.1. The molecule has 0 aliphatic carbocycles. The van der Waals surface area contributed by atoms with Gasteiger partial charge in [-0.1, -0.05) is 26.7 Å². The normalized spacial score (nSPS) is 19.9. The van der Waals surface area contributed by atoms with Gasteiger partial charge in [0.1, 0.15) is 11.3 Å². The predicted molar refractivity (Wildman–Crippen MR) is 121 cm³/mol. The molecule has 0 aromatic heterocycles. The van der Waals surface area contributed by atoms with Crippen LogP contribution in [0.4, 0.5) is 4.79 Å². The summed E-state index contributed by atoms with van der Waals surface area (Å²) in [6, 6.07) is 6.06. The Balaban J connectivity index is 1.61. The summed E-state index contributed by atoms with van der Waals surface area (Å²) in [5.41, 5.74) is -0.806. The topological polar surface area (TPSA) is 99.3 Å². The zero-order chi connectivity index (χ0) is 23.4. The molecule has 10 heteroatoms. The molecule has 0 spiro atoms. The van der Waals surface area contributed by atoms with Crippen molar-refractivity contribution in [2.24, 2.45) is 0 Å². The molecule has 2 aliphatic heterocycles. The summed E-state index contributed by atoms with van der Waals surface area (Å²) in [7, 11) is -3.61. The third-order valence-electron chi connectivity index (χ3n) is 6.04. The summed E-state index contributed by atoms with van der Waals surface area (Å²) in [6.45, 7) is 8.07. The van der Waals surface area contributed by atoms with Crippen LogP contribution in [-0.2, 0) is 14.8 Å². The summed E-state index contributed by atoms with van der Waals surface area (Å²) in [5.74, 6) is 0.461. The number of carbonyl (C=O) groups excluding carboxylic acids is 2. The first-order chi connectivity index (χ1) is 15.3. The van der Waals surface area contributed by atoms with Crippen LogP contribution >= 0.6 is 0 Å². The maximum absolute atomic E-state index is 13.1. The lowest BCUT2D eigenvalue weighted by atomic mass is 9.89. The first-order valence-corrected chi connectivity index (χ1v) is 12.8. The number of benzene rings is 1. The van der Waals surface area contributed by atoms with Crippen LogP contribution < -0.4 is 10.1 Å². The molecule has 2 heterocycles. The average Bonchev–Trinajstić information content (AvgIpc) is 2.99. The van der Waals surface area contributed by atoms with E-state index in [1.807, 2.05) is 25.7 Å². The Morgan fingerprint density at radius 2 is 1.56 bits per heavy atom. The molecule has 3 rings (SSSR count). The number of ether oxygens (including phenoxy) is 1. The highest BCUT2D eigenvalue weighted by Crippen LogP contribution is 2.28. The van der Waals surface area contributed by atoms with Crippen molar-refractivity contribution < 1.29 is 22.7 Å². The number of nitrogens with one attached hydrogen (secondary N) is 1. The van der Waals surface area contributed by atoms with Gasteiger partial charge in [0, 0.05) is 26.2 Å². The molecule has 178 valence electrons. The van der Waals surface area contributed by atoms with E-state index in [-0.39, 0.29) is 23.5 Å². The Hall–Kier alpha value is -2.17. The van der Waals surface area contributed by atoms with Crippen LogP contribution in [0.1, 0.15) is 46.5 Å². The standard InChI is InChI=1S/C22H34N4O5S/c1-4-11-22(12-5-2)20(27)26(21(28)23-22)17-24-13-15-25(16-14-24)32(29,30)19-9-7-18(8-10-19)31-6-3/h7-10H,4-6,11-17H2,1-3H3,(H,23,28). The lowest BCUT2D eigenvalue weighted by Gasteiger charge is -2.35. The molecule has 0 unspecified atom stereocenters. The molecule has 32 heavy (non-hydrogen) atoms. The van der Waals surface area contributed by atoms with Crippen LogP contribution in [0, 0.1) is 0 Å². The van der Waals surface area contributed by atoms with Crippen molar-refractivity contribution >= 4 is 22.0 Å². The highest BCUT2D eigenvalue weighted by atomic mass is 32.2. The quantitative estimate of drug-likeness (QED) is 0.531. The van der Waals surface area contributed by atoms with Crippen molar-refractivity contribution in [1.82, 2.24) is 19.4 Å². The molecule has 9 nitrogen and oxygen atoms in total. The molecule has 0 radical (unpaired) electrons. The van der Waals surface area contributed by atoms with Crippen LogP contribution in [0.15, 0.2) is 29.2 Å². The minimum absolute atomic E-state index is 0.171. The second-order valence-corrected chi connectivity index (χ2v) is 10.3. The Kier molecular flexibility index (Phi) is 7.79. The zero-order valence-electron chi connectivity index (χ0n) is 19.2. The fourth-order valence-electron chi connectivity index (χ4n) is 4.46. The molecule has 1 aromatic carbocycles. The molecule has 0 bridgehead atoms. The fraction of sp³-hybridized carbons (Fsp3) is 0.636. The molecule has 2 aliphatic rings. The maximum Gasteiger partial charge on any atom is 0.326 e. The Morgan fingerprint density at radius 1 is 0.969 bits per heavy atom. The number of carbonyl (C=O) groups is 2. The molecule has 1 N–H and O–H groups in total. The van der Waals surface area contributed by atoms with E-state index in [2.05, 4.69) is 5.32 Å². The first-order valence-electron chi connectivity index (χ1n) is 11.4. The van der Waals surface area contributed by atoms with Gasteiger partial charge in [0.25, 0.3) is 5.91 Å². The average molecular weight is 467 g/mol. The van der Waals surface area contributed by atoms with E-state index in [0.29, 0.717) is 51.4 Å². The molecule has 3 amide bonds.